The first-order chi connectivity index (χ1) is 8.54. The fourth-order valence-electron chi connectivity index (χ4n) is 1.40. The average molecular weight is 360 g/mol. The number of halogens is 2. The maximum absolute atomic E-state index is 13.0. The number of nitrogens with two attached hydrogens (primary N) is 1. The van der Waals surface area contributed by atoms with Crippen LogP contribution < -0.4 is 11.1 Å². The highest BCUT2D eigenvalue weighted by Crippen LogP contribution is 2.19. The number of nitrogens with one attached hydrogen (secondary N) is 1. The van der Waals surface area contributed by atoms with Crippen LogP contribution in [0.4, 0.5) is 15.8 Å². The number of anilines is 2. The van der Waals surface area contributed by atoms with Gasteiger partial charge in [0.15, 0.2) is 0 Å². The van der Waals surface area contributed by atoms with Crippen LogP contribution in [-0.4, -0.2) is 15.7 Å². The molecule has 7 heteroatoms. The van der Waals surface area contributed by atoms with Crippen LogP contribution >= 0.6 is 22.6 Å². The summed E-state index contributed by atoms with van der Waals surface area (Å²) in [6, 6.07) is 3.82. The SMILES string of the molecule is Nc1ccc(F)cc1NC(=O)Cn1cc(I)cn1. The fraction of sp³-hybridized carbons (Fsp3) is 0.0909. The van der Waals surface area contributed by atoms with Gasteiger partial charge in [0.1, 0.15) is 12.4 Å². The van der Waals surface area contributed by atoms with Crippen LogP contribution in [-0.2, 0) is 11.3 Å². The van der Waals surface area contributed by atoms with E-state index in [1.54, 1.807) is 12.4 Å². The molecule has 0 aliphatic heterocycles. The van der Waals surface area contributed by atoms with Crippen LogP contribution in [0.15, 0.2) is 30.6 Å². The zero-order valence-electron chi connectivity index (χ0n) is 9.23. The Morgan fingerprint density at radius 2 is 2.33 bits per heavy atom. The number of hydrogen-bond donors (Lipinski definition) is 2. The lowest BCUT2D eigenvalue weighted by molar-refractivity contribution is -0.116. The first kappa shape index (κ1) is 12.8. The summed E-state index contributed by atoms with van der Waals surface area (Å²) in [5.74, 6) is -0.764. The minimum atomic E-state index is -0.451. The molecule has 0 saturated carbocycles. The van der Waals surface area contributed by atoms with Crippen molar-refractivity contribution >= 4 is 39.9 Å². The van der Waals surface area contributed by atoms with Gasteiger partial charge >= 0.3 is 0 Å². The average Bonchev–Trinajstić information content (AvgIpc) is 2.69. The highest BCUT2D eigenvalue weighted by atomic mass is 127. The van der Waals surface area contributed by atoms with E-state index in [1.807, 2.05) is 0 Å². The van der Waals surface area contributed by atoms with E-state index in [9.17, 15) is 9.18 Å². The van der Waals surface area contributed by atoms with Gasteiger partial charge in [-0.1, -0.05) is 0 Å². The molecule has 1 aromatic heterocycles. The number of hydrogen-bond acceptors (Lipinski definition) is 3. The van der Waals surface area contributed by atoms with Gasteiger partial charge in [0.25, 0.3) is 0 Å². The van der Waals surface area contributed by atoms with Crippen molar-refractivity contribution in [3.8, 4) is 0 Å². The van der Waals surface area contributed by atoms with E-state index in [0.29, 0.717) is 5.69 Å². The monoisotopic (exact) mass is 360 g/mol. The number of rotatable bonds is 3. The molecule has 0 radical (unpaired) electrons. The highest BCUT2D eigenvalue weighted by molar-refractivity contribution is 14.1. The summed E-state index contributed by atoms with van der Waals surface area (Å²) in [4.78, 5) is 11.7. The van der Waals surface area contributed by atoms with Gasteiger partial charge in [-0.05, 0) is 40.8 Å². The van der Waals surface area contributed by atoms with Crippen LogP contribution in [0.5, 0.6) is 0 Å². The Kier molecular flexibility index (Phi) is 3.80. The molecule has 3 N–H and O–H groups in total. The Balaban J connectivity index is 2.05. The Morgan fingerprint density at radius 3 is 3.00 bits per heavy atom. The molecular formula is C11H10FIN4O. The van der Waals surface area contributed by atoms with E-state index >= 15 is 0 Å². The van der Waals surface area contributed by atoms with Crippen molar-refractivity contribution in [1.29, 1.82) is 0 Å². The minimum absolute atomic E-state index is 0.0545. The van der Waals surface area contributed by atoms with E-state index in [-0.39, 0.29) is 18.1 Å². The predicted molar refractivity (Wildman–Crippen MR) is 74.4 cm³/mol. The van der Waals surface area contributed by atoms with Gasteiger partial charge in [0.05, 0.1) is 21.1 Å². The molecule has 0 aliphatic carbocycles. The zero-order valence-corrected chi connectivity index (χ0v) is 11.4. The minimum Gasteiger partial charge on any atom is -0.397 e. The first-order valence-corrected chi connectivity index (χ1v) is 6.15. The second-order valence-electron chi connectivity index (χ2n) is 3.64. The normalized spacial score (nSPS) is 10.3. The van der Waals surface area contributed by atoms with Crippen molar-refractivity contribution in [2.45, 2.75) is 6.54 Å². The molecule has 0 bridgehead atoms. The molecule has 5 nitrogen and oxygen atoms in total. The van der Waals surface area contributed by atoms with E-state index in [0.717, 1.165) is 3.57 Å². The number of benzene rings is 1. The summed E-state index contributed by atoms with van der Waals surface area (Å²) >= 11 is 2.10. The maximum atomic E-state index is 13.0. The topological polar surface area (TPSA) is 72.9 Å². The van der Waals surface area contributed by atoms with Gasteiger partial charge in [-0.15, -0.1) is 0 Å². The lowest BCUT2D eigenvalue weighted by Crippen LogP contribution is -2.19. The molecule has 1 amide bonds. The molecule has 18 heavy (non-hydrogen) atoms. The lowest BCUT2D eigenvalue weighted by atomic mass is 10.2. The van der Waals surface area contributed by atoms with Gasteiger partial charge in [-0.3, -0.25) is 9.48 Å². The molecule has 0 atom stereocenters. The summed E-state index contributed by atoms with van der Waals surface area (Å²) in [6.45, 7) is 0.0545. The Bertz CT molecular complexity index is 584. The van der Waals surface area contributed by atoms with Crippen molar-refractivity contribution in [1.82, 2.24) is 9.78 Å². The quantitative estimate of drug-likeness (QED) is 0.648. The lowest BCUT2D eigenvalue weighted by Gasteiger charge is -2.08. The standard InChI is InChI=1S/C11H10FIN4O/c12-7-1-2-9(14)10(3-7)16-11(18)6-17-5-8(13)4-15-17/h1-5H,6,14H2,(H,16,18). The Morgan fingerprint density at radius 1 is 1.56 bits per heavy atom. The third kappa shape index (κ3) is 3.19. The third-order valence-electron chi connectivity index (χ3n) is 2.20. The number of amides is 1. The number of carbonyl (C=O) groups excluding carboxylic acids is 1. The molecule has 1 aromatic carbocycles. The molecule has 0 unspecified atom stereocenters. The molecular weight excluding hydrogens is 350 g/mol. The van der Waals surface area contributed by atoms with Crippen molar-refractivity contribution in [3.05, 3.63) is 40.0 Å². The van der Waals surface area contributed by atoms with Gasteiger partial charge in [0.2, 0.25) is 5.91 Å². The summed E-state index contributed by atoms with van der Waals surface area (Å²) in [5.41, 5.74) is 6.22. The second kappa shape index (κ2) is 5.34. The van der Waals surface area contributed by atoms with E-state index in [1.165, 1.54) is 22.9 Å². The molecule has 0 fully saturated rings. The molecule has 1 heterocycles. The number of nitrogens with zero attached hydrogens (tertiary/aromatic N) is 2. The predicted octanol–water partition coefficient (Wildman–Crippen LogP) is 1.85. The number of carbonyl (C=O) groups is 1. The van der Waals surface area contributed by atoms with Crippen molar-refractivity contribution in [3.63, 3.8) is 0 Å². The van der Waals surface area contributed by atoms with Gasteiger partial charge in [-0.2, -0.15) is 5.10 Å². The summed E-state index contributed by atoms with van der Waals surface area (Å²) in [5, 5.41) is 6.52. The molecule has 0 saturated heterocycles. The number of nitrogen functional groups attached to an aromatic ring is 1. The molecule has 2 rings (SSSR count). The van der Waals surface area contributed by atoms with E-state index < -0.39 is 5.82 Å². The molecule has 0 aliphatic rings. The molecule has 2 aromatic rings. The summed E-state index contributed by atoms with van der Waals surface area (Å²) < 4.78 is 15.4. The summed E-state index contributed by atoms with van der Waals surface area (Å²) in [7, 11) is 0. The van der Waals surface area contributed by atoms with Crippen molar-refractivity contribution in [2.75, 3.05) is 11.1 Å². The van der Waals surface area contributed by atoms with Crippen LogP contribution in [0.2, 0.25) is 0 Å². The Hall–Kier alpha value is -1.64. The van der Waals surface area contributed by atoms with Gasteiger partial charge < -0.3 is 11.1 Å². The first-order valence-electron chi connectivity index (χ1n) is 5.07. The maximum Gasteiger partial charge on any atom is 0.246 e. The van der Waals surface area contributed by atoms with Gasteiger partial charge in [0, 0.05) is 6.20 Å². The highest BCUT2D eigenvalue weighted by Gasteiger charge is 2.07. The smallest absolute Gasteiger partial charge is 0.246 e. The fourth-order valence-corrected chi connectivity index (χ4v) is 1.84. The Labute approximate surface area is 116 Å². The third-order valence-corrected chi connectivity index (χ3v) is 2.75. The van der Waals surface area contributed by atoms with Crippen LogP contribution in [0.1, 0.15) is 0 Å². The van der Waals surface area contributed by atoms with Gasteiger partial charge in [-0.25, -0.2) is 4.39 Å². The van der Waals surface area contributed by atoms with E-state index in [4.69, 9.17) is 5.73 Å². The largest absolute Gasteiger partial charge is 0.397 e. The van der Waals surface area contributed by atoms with Crippen molar-refractivity contribution in [2.24, 2.45) is 0 Å². The summed E-state index contributed by atoms with van der Waals surface area (Å²) in [6.07, 6.45) is 3.37. The molecule has 0 spiro atoms. The molecule has 94 valence electrons. The van der Waals surface area contributed by atoms with E-state index in [2.05, 4.69) is 33.0 Å². The second-order valence-corrected chi connectivity index (χ2v) is 4.88. The zero-order chi connectivity index (χ0) is 13.1. The van der Waals surface area contributed by atoms with Crippen LogP contribution in [0.3, 0.4) is 0 Å². The van der Waals surface area contributed by atoms with Crippen molar-refractivity contribution < 1.29 is 9.18 Å². The van der Waals surface area contributed by atoms with Crippen LogP contribution in [0.25, 0.3) is 0 Å². The number of aromatic nitrogens is 2. The van der Waals surface area contributed by atoms with Crippen LogP contribution in [0, 0.1) is 9.39 Å².